The first-order valence-corrected chi connectivity index (χ1v) is 8.67. The molecule has 2 atom stereocenters. The number of nitrogens with one attached hydrogen (secondary N) is 1. The molecule has 0 aliphatic carbocycles. The number of hydrogen-bond acceptors (Lipinski definition) is 4. The van der Waals surface area contributed by atoms with Gasteiger partial charge in [0, 0.05) is 43.5 Å². The van der Waals surface area contributed by atoms with E-state index in [0.717, 1.165) is 48.3 Å². The van der Waals surface area contributed by atoms with Gasteiger partial charge in [0.05, 0.1) is 10.5 Å². The Bertz CT molecular complexity index is 762. The van der Waals surface area contributed by atoms with E-state index in [2.05, 4.69) is 11.4 Å². The molecule has 24 heavy (non-hydrogen) atoms. The first-order valence-electron chi connectivity index (χ1n) is 8.30. The van der Waals surface area contributed by atoms with Crippen LogP contribution in [0.2, 0.25) is 5.02 Å². The highest BCUT2D eigenvalue weighted by Crippen LogP contribution is 2.29. The molecular weight excluding hydrogens is 324 g/mol. The number of anilines is 1. The Morgan fingerprint density at radius 2 is 2.33 bits per heavy atom. The van der Waals surface area contributed by atoms with Gasteiger partial charge in [-0.25, -0.2) is 4.98 Å². The van der Waals surface area contributed by atoms with Gasteiger partial charge >= 0.3 is 0 Å². The van der Waals surface area contributed by atoms with Crippen LogP contribution in [0.25, 0.3) is 10.9 Å². The maximum absolute atomic E-state index is 11.5. The predicted molar refractivity (Wildman–Crippen MR) is 98.2 cm³/mol. The van der Waals surface area contributed by atoms with Gasteiger partial charge in [0.25, 0.3) is 0 Å². The minimum atomic E-state index is -0.124. The molecule has 0 radical (unpaired) electrons. The molecule has 1 unspecified atom stereocenters. The van der Waals surface area contributed by atoms with Crippen LogP contribution >= 0.6 is 11.6 Å². The molecule has 1 amide bonds. The Kier molecular flexibility index (Phi) is 4.92. The summed E-state index contributed by atoms with van der Waals surface area (Å²) in [5.74, 6) is 1.36. The molecule has 1 aliphatic rings. The first kappa shape index (κ1) is 17.0. The monoisotopic (exact) mass is 346 g/mol. The van der Waals surface area contributed by atoms with Crippen molar-refractivity contribution in [1.29, 1.82) is 0 Å². The number of pyridine rings is 1. The number of fused-ring (bicyclic) bond motifs is 1. The van der Waals surface area contributed by atoms with Gasteiger partial charge in [-0.1, -0.05) is 23.7 Å². The van der Waals surface area contributed by atoms with Crippen LogP contribution in [0.3, 0.4) is 0 Å². The lowest BCUT2D eigenvalue weighted by Crippen LogP contribution is -2.27. The molecule has 3 N–H and O–H groups in total. The standard InChI is InChI=1S/C18H23ClN4O/c1-11(20)15-8-14-4-3-5-16(19)17(14)22-18(15)21-9-13-6-7-23(10-13)12(2)24/h3-5,8,11,13H,6-7,9-10,20H2,1-2H3,(H,21,22)/t11-,13?/m0/s1. The minimum Gasteiger partial charge on any atom is -0.369 e. The van der Waals surface area contributed by atoms with Crippen LogP contribution in [0.5, 0.6) is 0 Å². The number of hydrogen-bond donors (Lipinski definition) is 2. The summed E-state index contributed by atoms with van der Waals surface area (Å²) in [6.45, 7) is 5.97. The maximum atomic E-state index is 11.5. The number of carbonyl (C=O) groups is 1. The van der Waals surface area contributed by atoms with Crippen LogP contribution in [0.1, 0.15) is 31.9 Å². The van der Waals surface area contributed by atoms with E-state index in [1.54, 1.807) is 6.92 Å². The molecule has 0 saturated carbocycles. The smallest absolute Gasteiger partial charge is 0.219 e. The van der Waals surface area contributed by atoms with Gasteiger partial charge in [-0.2, -0.15) is 0 Å². The number of nitrogens with zero attached hydrogens (tertiary/aromatic N) is 2. The van der Waals surface area contributed by atoms with E-state index in [1.165, 1.54) is 0 Å². The van der Waals surface area contributed by atoms with E-state index < -0.39 is 0 Å². The predicted octanol–water partition coefficient (Wildman–Crippen LogP) is 3.19. The summed E-state index contributed by atoms with van der Waals surface area (Å²) in [6, 6.07) is 7.68. The lowest BCUT2D eigenvalue weighted by Gasteiger charge is -2.18. The summed E-state index contributed by atoms with van der Waals surface area (Å²) >= 11 is 6.28. The highest BCUT2D eigenvalue weighted by atomic mass is 35.5. The summed E-state index contributed by atoms with van der Waals surface area (Å²) in [6.07, 6.45) is 1.01. The summed E-state index contributed by atoms with van der Waals surface area (Å²) in [7, 11) is 0. The van der Waals surface area contributed by atoms with Crippen molar-refractivity contribution >= 4 is 34.2 Å². The van der Waals surface area contributed by atoms with Crippen molar-refractivity contribution in [2.45, 2.75) is 26.3 Å². The molecule has 5 nitrogen and oxygen atoms in total. The molecule has 1 fully saturated rings. The van der Waals surface area contributed by atoms with Crippen molar-refractivity contribution < 1.29 is 4.79 Å². The zero-order chi connectivity index (χ0) is 17.3. The largest absolute Gasteiger partial charge is 0.369 e. The van der Waals surface area contributed by atoms with Gasteiger partial charge in [-0.3, -0.25) is 4.79 Å². The summed E-state index contributed by atoms with van der Waals surface area (Å²) in [5, 5.41) is 5.05. The molecule has 1 saturated heterocycles. The van der Waals surface area contributed by atoms with E-state index in [4.69, 9.17) is 22.3 Å². The number of likely N-dealkylation sites (tertiary alicyclic amines) is 1. The molecule has 2 aromatic rings. The third-order valence-electron chi connectivity index (χ3n) is 4.61. The van der Waals surface area contributed by atoms with Crippen molar-refractivity contribution in [1.82, 2.24) is 9.88 Å². The average Bonchev–Trinajstić information content (AvgIpc) is 3.02. The fraction of sp³-hybridized carbons (Fsp3) is 0.444. The quantitative estimate of drug-likeness (QED) is 0.891. The summed E-state index contributed by atoms with van der Waals surface area (Å²) in [5.41, 5.74) is 7.88. The Labute approximate surface area is 147 Å². The number of carbonyl (C=O) groups excluding carboxylic acids is 1. The van der Waals surface area contributed by atoms with Crippen LogP contribution in [0, 0.1) is 5.92 Å². The van der Waals surface area contributed by atoms with E-state index in [0.29, 0.717) is 10.9 Å². The number of aromatic nitrogens is 1. The lowest BCUT2D eigenvalue weighted by molar-refractivity contribution is -0.127. The Morgan fingerprint density at radius 3 is 3.00 bits per heavy atom. The van der Waals surface area contributed by atoms with Gasteiger partial charge < -0.3 is 16.0 Å². The van der Waals surface area contributed by atoms with E-state index >= 15 is 0 Å². The van der Waals surface area contributed by atoms with Crippen molar-refractivity contribution in [3.63, 3.8) is 0 Å². The fourth-order valence-corrected chi connectivity index (χ4v) is 3.42. The van der Waals surface area contributed by atoms with Gasteiger partial charge in [0.1, 0.15) is 5.82 Å². The van der Waals surface area contributed by atoms with Crippen LogP contribution in [-0.4, -0.2) is 35.4 Å². The zero-order valence-corrected chi connectivity index (χ0v) is 14.8. The molecule has 0 spiro atoms. The summed E-state index contributed by atoms with van der Waals surface area (Å²) in [4.78, 5) is 18.1. The number of amides is 1. The third-order valence-corrected chi connectivity index (χ3v) is 4.91. The molecule has 1 aromatic heterocycles. The molecule has 0 bridgehead atoms. The first-order chi connectivity index (χ1) is 11.5. The highest BCUT2D eigenvalue weighted by molar-refractivity contribution is 6.35. The Balaban J connectivity index is 1.81. The minimum absolute atomic E-state index is 0.124. The molecule has 6 heteroatoms. The highest BCUT2D eigenvalue weighted by Gasteiger charge is 2.24. The fourth-order valence-electron chi connectivity index (χ4n) is 3.19. The van der Waals surface area contributed by atoms with E-state index in [1.807, 2.05) is 30.0 Å². The number of nitrogens with two attached hydrogens (primary N) is 1. The normalized spacial score (nSPS) is 18.8. The molecule has 2 heterocycles. The Hall–Kier alpha value is -1.85. The SMILES string of the molecule is CC(=O)N1CCC(CNc2nc3c(Cl)cccc3cc2[C@H](C)N)C1. The van der Waals surface area contributed by atoms with Gasteiger partial charge in [-0.15, -0.1) is 0 Å². The number of rotatable bonds is 4. The van der Waals surface area contributed by atoms with Crippen LogP contribution in [0.4, 0.5) is 5.82 Å². The average molecular weight is 347 g/mol. The summed E-state index contributed by atoms with van der Waals surface area (Å²) < 4.78 is 0. The topological polar surface area (TPSA) is 71.2 Å². The molecule has 3 rings (SSSR count). The van der Waals surface area contributed by atoms with E-state index in [9.17, 15) is 4.79 Å². The number of benzene rings is 1. The maximum Gasteiger partial charge on any atom is 0.219 e. The molecule has 1 aliphatic heterocycles. The van der Waals surface area contributed by atoms with Gasteiger partial charge in [0.15, 0.2) is 0 Å². The second-order valence-corrected chi connectivity index (χ2v) is 6.93. The molecule has 1 aromatic carbocycles. The van der Waals surface area contributed by atoms with Crippen LogP contribution < -0.4 is 11.1 Å². The van der Waals surface area contributed by atoms with Crippen LogP contribution in [0.15, 0.2) is 24.3 Å². The zero-order valence-electron chi connectivity index (χ0n) is 14.1. The van der Waals surface area contributed by atoms with Gasteiger partial charge in [0.2, 0.25) is 5.91 Å². The van der Waals surface area contributed by atoms with E-state index in [-0.39, 0.29) is 11.9 Å². The van der Waals surface area contributed by atoms with Crippen LogP contribution in [-0.2, 0) is 4.79 Å². The van der Waals surface area contributed by atoms with Crippen molar-refractivity contribution in [3.05, 3.63) is 34.9 Å². The number of para-hydroxylation sites is 1. The van der Waals surface area contributed by atoms with Crippen molar-refractivity contribution in [2.75, 3.05) is 25.0 Å². The second-order valence-electron chi connectivity index (χ2n) is 6.53. The van der Waals surface area contributed by atoms with Gasteiger partial charge in [-0.05, 0) is 31.4 Å². The Morgan fingerprint density at radius 1 is 1.54 bits per heavy atom. The number of halogens is 1. The molecule has 128 valence electrons. The second kappa shape index (κ2) is 6.95. The third kappa shape index (κ3) is 3.47. The molecular formula is C18H23ClN4O. The van der Waals surface area contributed by atoms with Crippen molar-refractivity contribution in [2.24, 2.45) is 11.7 Å². The van der Waals surface area contributed by atoms with Crippen molar-refractivity contribution in [3.8, 4) is 0 Å². The lowest BCUT2D eigenvalue weighted by atomic mass is 10.1.